The van der Waals surface area contributed by atoms with Gasteiger partial charge in [-0.25, -0.2) is 0 Å². The summed E-state index contributed by atoms with van der Waals surface area (Å²) in [5.74, 6) is -1.13. The van der Waals surface area contributed by atoms with Crippen molar-refractivity contribution in [3.05, 3.63) is 21.3 Å². The van der Waals surface area contributed by atoms with Crippen LogP contribution in [0.4, 0.5) is 0 Å². The van der Waals surface area contributed by atoms with Crippen LogP contribution in [0.3, 0.4) is 0 Å². The number of carboxylic acids is 1. The summed E-state index contributed by atoms with van der Waals surface area (Å²) in [6.07, 6.45) is 0.506. The highest BCUT2D eigenvalue weighted by Gasteiger charge is 2.43. The van der Waals surface area contributed by atoms with Crippen molar-refractivity contribution in [3.63, 3.8) is 0 Å². The Kier molecular flexibility index (Phi) is 3.87. The Labute approximate surface area is 121 Å². The molecule has 0 radical (unpaired) electrons. The lowest BCUT2D eigenvalue weighted by Gasteiger charge is -2.22. The average Bonchev–Trinajstić information content (AvgIpc) is 2.95. The summed E-state index contributed by atoms with van der Waals surface area (Å²) in [7, 11) is 0. The van der Waals surface area contributed by atoms with Crippen LogP contribution in [-0.2, 0) is 9.59 Å². The van der Waals surface area contributed by atoms with Crippen LogP contribution in [0, 0.1) is 5.41 Å². The van der Waals surface area contributed by atoms with Gasteiger partial charge in [0.25, 0.3) is 0 Å². The maximum absolute atomic E-state index is 12.4. The molecule has 1 saturated heterocycles. The third kappa shape index (κ3) is 2.77. The van der Waals surface area contributed by atoms with E-state index in [2.05, 4.69) is 0 Å². The van der Waals surface area contributed by atoms with Crippen LogP contribution < -0.4 is 0 Å². The third-order valence-corrected chi connectivity index (χ3v) is 5.11. The number of thiophene rings is 1. The maximum Gasteiger partial charge on any atom is 0.311 e. The summed E-state index contributed by atoms with van der Waals surface area (Å²) < 4.78 is 0.659. The standard InChI is InChI=1S/C13H16ClNO3S/c1-8(9-3-4-10(14)19-9)11(16)15-6-5-13(2,7-15)12(17)18/h3-4,8H,5-7H2,1-2H3,(H,17,18). The fraction of sp³-hybridized carbons (Fsp3) is 0.538. The molecule has 2 rings (SSSR count). The quantitative estimate of drug-likeness (QED) is 0.934. The van der Waals surface area contributed by atoms with Crippen LogP contribution in [0.5, 0.6) is 0 Å². The molecule has 1 aromatic rings. The highest BCUT2D eigenvalue weighted by molar-refractivity contribution is 7.16. The molecule has 1 aliphatic rings. The largest absolute Gasteiger partial charge is 0.481 e. The van der Waals surface area contributed by atoms with E-state index < -0.39 is 11.4 Å². The van der Waals surface area contributed by atoms with Crippen molar-refractivity contribution in [1.29, 1.82) is 0 Å². The Morgan fingerprint density at radius 1 is 1.53 bits per heavy atom. The van der Waals surface area contributed by atoms with Gasteiger partial charge in [0.1, 0.15) is 0 Å². The molecule has 0 bridgehead atoms. The topological polar surface area (TPSA) is 57.6 Å². The lowest BCUT2D eigenvalue weighted by Crippen LogP contribution is -2.36. The number of likely N-dealkylation sites (tertiary alicyclic amines) is 1. The molecule has 0 spiro atoms. The van der Waals surface area contributed by atoms with E-state index in [1.165, 1.54) is 11.3 Å². The fourth-order valence-corrected chi connectivity index (χ4v) is 3.39. The Morgan fingerprint density at radius 3 is 2.68 bits per heavy atom. The van der Waals surface area contributed by atoms with Gasteiger partial charge in [-0.15, -0.1) is 11.3 Å². The second-order valence-corrected chi connectivity index (χ2v) is 6.99. The van der Waals surface area contributed by atoms with E-state index in [9.17, 15) is 14.7 Å². The molecule has 1 amide bonds. The molecule has 1 aliphatic heterocycles. The molecule has 1 N–H and O–H groups in total. The Morgan fingerprint density at radius 2 is 2.21 bits per heavy atom. The first-order valence-electron chi connectivity index (χ1n) is 6.11. The van der Waals surface area contributed by atoms with Crippen LogP contribution in [-0.4, -0.2) is 35.0 Å². The van der Waals surface area contributed by atoms with E-state index in [4.69, 9.17) is 11.6 Å². The van der Waals surface area contributed by atoms with Crippen LogP contribution in [0.25, 0.3) is 0 Å². The second-order valence-electron chi connectivity index (χ2n) is 5.24. The first-order chi connectivity index (χ1) is 8.83. The van der Waals surface area contributed by atoms with Gasteiger partial charge in [-0.1, -0.05) is 11.6 Å². The number of hydrogen-bond acceptors (Lipinski definition) is 3. The lowest BCUT2D eigenvalue weighted by molar-refractivity contribution is -0.147. The van der Waals surface area contributed by atoms with Crippen molar-refractivity contribution >= 4 is 34.8 Å². The van der Waals surface area contributed by atoms with Gasteiger partial charge in [0.2, 0.25) is 5.91 Å². The van der Waals surface area contributed by atoms with Crippen molar-refractivity contribution in [2.75, 3.05) is 13.1 Å². The first-order valence-corrected chi connectivity index (χ1v) is 7.30. The molecule has 1 fully saturated rings. The monoisotopic (exact) mass is 301 g/mol. The van der Waals surface area contributed by atoms with Gasteiger partial charge >= 0.3 is 5.97 Å². The number of carbonyl (C=O) groups excluding carboxylic acids is 1. The normalized spacial score (nSPS) is 24.5. The molecule has 0 aliphatic carbocycles. The predicted molar refractivity (Wildman–Crippen MR) is 74.7 cm³/mol. The van der Waals surface area contributed by atoms with Gasteiger partial charge in [0.15, 0.2) is 0 Å². The molecule has 2 heterocycles. The molecule has 104 valence electrons. The van der Waals surface area contributed by atoms with E-state index in [0.717, 1.165) is 4.88 Å². The maximum atomic E-state index is 12.4. The fourth-order valence-electron chi connectivity index (χ4n) is 2.28. The highest BCUT2D eigenvalue weighted by Crippen LogP contribution is 2.34. The van der Waals surface area contributed by atoms with Gasteiger partial charge in [0.05, 0.1) is 15.7 Å². The number of carbonyl (C=O) groups is 2. The summed E-state index contributed by atoms with van der Waals surface area (Å²) >= 11 is 7.26. The number of carboxylic acid groups (broad SMARTS) is 1. The Hall–Kier alpha value is -1.07. The molecule has 6 heteroatoms. The first kappa shape index (κ1) is 14.3. The molecule has 4 nitrogen and oxygen atoms in total. The van der Waals surface area contributed by atoms with Crippen LogP contribution >= 0.6 is 22.9 Å². The summed E-state index contributed by atoms with van der Waals surface area (Å²) in [6, 6.07) is 3.62. The lowest BCUT2D eigenvalue weighted by atomic mass is 9.90. The second kappa shape index (κ2) is 5.13. The minimum atomic E-state index is -0.838. The number of amides is 1. The van der Waals surface area contributed by atoms with E-state index in [1.54, 1.807) is 17.9 Å². The molecule has 2 atom stereocenters. The zero-order valence-corrected chi connectivity index (χ0v) is 12.4. The third-order valence-electron chi connectivity index (χ3n) is 3.69. The number of halogens is 1. The van der Waals surface area contributed by atoms with Crippen LogP contribution in [0.15, 0.2) is 12.1 Å². The molecule has 2 unspecified atom stereocenters. The van der Waals surface area contributed by atoms with Crippen LogP contribution in [0.1, 0.15) is 31.1 Å². The Balaban J connectivity index is 2.07. The number of rotatable bonds is 3. The van der Waals surface area contributed by atoms with E-state index in [1.807, 2.05) is 13.0 Å². The van der Waals surface area contributed by atoms with Crippen molar-refractivity contribution in [1.82, 2.24) is 4.90 Å². The SMILES string of the molecule is CC(C(=O)N1CCC(C)(C(=O)O)C1)c1ccc(Cl)s1. The molecule has 1 aromatic heterocycles. The molecule has 19 heavy (non-hydrogen) atoms. The highest BCUT2D eigenvalue weighted by atomic mass is 35.5. The minimum absolute atomic E-state index is 0.0245. The molecule has 0 aromatic carbocycles. The zero-order valence-electron chi connectivity index (χ0n) is 10.9. The zero-order chi connectivity index (χ0) is 14.2. The van der Waals surface area contributed by atoms with Crippen molar-refractivity contribution in [2.24, 2.45) is 5.41 Å². The summed E-state index contributed by atoms with van der Waals surface area (Å²) in [5, 5.41) is 9.18. The molecule has 0 saturated carbocycles. The van der Waals surface area contributed by atoms with Crippen LogP contribution in [0.2, 0.25) is 4.34 Å². The number of aliphatic carboxylic acids is 1. The van der Waals surface area contributed by atoms with Crippen molar-refractivity contribution in [3.8, 4) is 0 Å². The predicted octanol–water partition coefficient (Wildman–Crippen LogP) is 2.83. The summed E-state index contributed by atoms with van der Waals surface area (Å²) in [5.41, 5.74) is -0.817. The smallest absolute Gasteiger partial charge is 0.311 e. The van der Waals surface area contributed by atoms with Crippen molar-refractivity contribution < 1.29 is 14.7 Å². The van der Waals surface area contributed by atoms with Gasteiger partial charge in [-0.3, -0.25) is 9.59 Å². The van der Waals surface area contributed by atoms with E-state index in [-0.39, 0.29) is 18.4 Å². The molecular weight excluding hydrogens is 286 g/mol. The van der Waals surface area contributed by atoms with Crippen molar-refractivity contribution in [2.45, 2.75) is 26.2 Å². The summed E-state index contributed by atoms with van der Waals surface area (Å²) in [6.45, 7) is 4.31. The summed E-state index contributed by atoms with van der Waals surface area (Å²) in [4.78, 5) is 26.1. The number of nitrogens with zero attached hydrogens (tertiary/aromatic N) is 1. The molecular formula is C13H16ClNO3S. The van der Waals surface area contributed by atoms with E-state index >= 15 is 0 Å². The minimum Gasteiger partial charge on any atom is -0.481 e. The average molecular weight is 302 g/mol. The number of hydrogen-bond donors (Lipinski definition) is 1. The van der Waals surface area contributed by atoms with Gasteiger partial charge in [-0.2, -0.15) is 0 Å². The van der Waals surface area contributed by atoms with Gasteiger partial charge in [0, 0.05) is 18.0 Å². The van der Waals surface area contributed by atoms with E-state index in [0.29, 0.717) is 17.3 Å². The van der Waals surface area contributed by atoms with Gasteiger partial charge in [-0.05, 0) is 32.4 Å². The van der Waals surface area contributed by atoms with Gasteiger partial charge < -0.3 is 10.0 Å². The Bertz CT molecular complexity index is 516.